The maximum Gasteiger partial charge on any atom is 0.234 e. The molecule has 0 saturated carbocycles. The fourth-order valence-corrected chi connectivity index (χ4v) is 1.63. The average molecular weight is 266 g/mol. The van der Waals surface area contributed by atoms with Crippen molar-refractivity contribution in [2.45, 2.75) is 33.4 Å². The van der Waals surface area contributed by atoms with Gasteiger partial charge < -0.3 is 20.5 Å². The van der Waals surface area contributed by atoms with Crippen LogP contribution in [0.25, 0.3) is 0 Å². The Morgan fingerprint density at radius 2 is 2.16 bits per heavy atom. The minimum atomic E-state index is -0.0289. The maximum absolute atomic E-state index is 11.4. The van der Waals surface area contributed by atoms with Gasteiger partial charge >= 0.3 is 0 Å². The largest absolute Gasteiger partial charge is 0.504 e. The highest BCUT2D eigenvalue weighted by atomic mass is 16.5. The molecule has 5 nitrogen and oxygen atoms in total. The number of nitrogens with one attached hydrogen (secondary N) is 2. The van der Waals surface area contributed by atoms with Gasteiger partial charge in [0.1, 0.15) is 0 Å². The van der Waals surface area contributed by atoms with Gasteiger partial charge in [-0.2, -0.15) is 0 Å². The van der Waals surface area contributed by atoms with Gasteiger partial charge in [0.05, 0.1) is 13.2 Å². The maximum atomic E-state index is 11.4. The molecule has 1 rings (SSSR count). The van der Waals surface area contributed by atoms with E-state index in [1.165, 1.54) is 0 Å². The van der Waals surface area contributed by atoms with Crippen LogP contribution in [0.5, 0.6) is 11.5 Å². The second-order valence-electron chi connectivity index (χ2n) is 4.56. The van der Waals surface area contributed by atoms with Crippen molar-refractivity contribution < 1.29 is 14.6 Å². The van der Waals surface area contributed by atoms with E-state index in [1.54, 1.807) is 18.2 Å². The Morgan fingerprint density at radius 1 is 1.42 bits per heavy atom. The predicted octanol–water partition coefficient (Wildman–Crippen LogP) is 1.41. The molecule has 106 valence electrons. The smallest absolute Gasteiger partial charge is 0.234 e. The van der Waals surface area contributed by atoms with E-state index in [-0.39, 0.29) is 24.2 Å². The number of carbonyl (C=O) groups excluding carboxylic acids is 1. The number of ether oxygens (including phenoxy) is 1. The van der Waals surface area contributed by atoms with Crippen molar-refractivity contribution in [3.8, 4) is 11.5 Å². The lowest BCUT2D eigenvalue weighted by molar-refractivity contribution is -0.120. The van der Waals surface area contributed by atoms with Crippen LogP contribution >= 0.6 is 0 Å². The van der Waals surface area contributed by atoms with Gasteiger partial charge in [-0.15, -0.1) is 0 Å². The van der Waals surface area contributed by atoms with Crippen molar-refractivity contribution >= 4 is 5.91 Å². The van der Waals surface area contributed by atoms with Crippen LogP contribution in [-0.2, 0) is 11.3 Å². The summed E-state index contributed by atoms with van der Waals surface area (Å²) in [6, 6.07) is 5.31. The van der Waals surface area contributed by atoms with E-state index in [1.807, 2.05) is 20.8 Å². The summed E-state index contributed by atoms with van der Waals surface area (Å²) in [7, 11) is 0. The molecular formula is C14H22N2O3. The molecule has 0 aromatic heterocycles. The molecule has 0 spiro atoms. The summed E-state index contributed by atoms with van der Waals surface area (Å²) >= 11 is 0. The van der Waals surface area contributed by atoms with Crippen LogP contribution in [0.15, 0.2) is 18.2 Å². The third-order valence-corrected chi connectivity index (χ3v) is 2.39. The molecule has 1 aromatic rings. The second kappa shape index (κ2) is 7.63. The van der Waals surface area contributed by atoms with Crippen molar-refractivity contribution in [2.75, 3.05) is 13.2 Å². The highest BCUT2D eigenvalue weighted by molar-refractivity contribution is 5.78. The van der Waals surface area contributed by atoms with E-state index in [2.05, 4.69) is 10.6 Å². The van der Waals surface area contributed by atoms with Crippen molar-refractivity contribution in [1.82, 2.24) is 10.6 Å². The summed E-state index contributed by atoms with van der Waals surface area (Å²) < 4.78 is 5.30. The van der Waals surface area contributed by atoms with Gasteiger partial charge in [0.15, 0.2) is 11.5 Å². The van der Waals surface area contributed by atoms with Gasteiger partial charge in [-0.05, 0) is 38.5 Å². The van der Waals surface area contributed by atoms with E-state index in [4.69, 9.17) is 4.74 Å². The van der Waals surface area contributed by atoms with Crippen LogP contribution in [0.1, 0.15) is 26.3 Å². The molecule has 0 fully saturated rings. The molecule has 0 aliphatic carbocycles. The van der Waals surface area contributed by atoms with Crippen molar-refractivity contribution in [3.63, 3.8) is 0 Å². The Hall–Kier alpha value is -1.75. The summed E-state index contributed by atoms with van der Waals surface area (Å²) in [5, 5.41) is 15.4. The predicted molar refractivity (Wildman–Crippen MR) is 74.3 cm³/mol. The van der Waals surface area contributed by atoms with Gasteiger partial charge in [0.25, 0.3) is 0 Å². The zero-order chi connectivity index (χ0) is 14.3. The molecule has 0 bridgehead atoms. The highest BCUT2D eigenvalue weighted by Crippen LogP contribution is 2.26. The number of carbonyl (C=O) groups is 1. The van der Waals surface area contributed by atoms with E-state index in [0.717, 1.165) is 5.56 Å². The minimum Gasteiger partial charge on any atom is -0.504 e. The Labute approximate surface area is 114 Å². The van der Waals surface area contributed by atoms with Gasteiger partial charge in [0.2, 0.25) is 5.91 Å². The molecule has 0 radical (unpaired) electrons. The number of hydrogen-bond acceptors (Lipinski definition) is 4. The Kier molecular flexibility index (Phi) is 6.15. The summed E-state index contributed by atoms with van der Waals surface area (Å²) in [5.74, 6) is 0.565. The average Bonchev–Trinajstić information content (AvgIpc) is 2.32. The van der Waals surface area contributed by atoms with Crippen molar-refractivity contribution in [1.29, 1.82) is 0 Å². The standard InChI is InChI=1S/C14H22N2O3/c1-4-19-13-7-11(5-6-12(13)17)8-15-9-14(18)16-10(2)3/h5-7,10,15,17H,4,8-9H2,1-3H3,(H,16,18). The number of benzene rings is 1. The minimum absolute atomic E-state index is 0.0289. The first-order valence-corrected chi connectivity index (χ1v) is 6.47. The molecule has 0 saturated heterocycles. The third kappa shape index (κ3) is 5.61. The van der Waals surface area contributed by atoms with Gasteiger partial charge in [0, 0.05) is 12.6 Å². The number of amides is 1. The molecule has 0 aliphatic rings. The fraction of sp³-hybridized carbons (Fsp3) is 0.500. The normalized spacial score (nSPS) is 10.5. The number of phenols is 1. The van der Waals surface area contributed by atoms with Crippen molar-refractivity contribution in [3.05, 3.63) is 23.8 Å². The number of hydrogen-bond donors (Lipinski definition) is 3. The van der Waals surface area contributed by atoms with Crippen molar-refractivity contribution in [2.24, 2.45) is 0 Å². The lowest BCUT2D eigenvalue weighted by Crippen LogP contribution is -2.37. The van der Waals surface area contributed by atoms with Crippen LogP contribution in [0, 0.1) is 0 Å². The molecule has 0 atom stereocenters. The summed E-state index contributed by atoms with van der Waals surface area (Å²) in [6.07, 6.45) is 0. The quantitative estimate of drug-likeness (QED) is 0.698. The number of aromatic hydroxyl groups is 1. The van der Waals surface area contributed by atoms with E-state index < -0.39 is 0 Å². The number of phenolic OH excluding ortho intramolecular Hbond substituents is 1. The summed E-state index contributed by atoms with van der Waals surface area (Å²) in [4.78, 5) is 11.4. The lowest BCUT2D eigenvalue weighted by atomic mass is 10.2. The first-order valence-electron chi connectivity index (χ1n) is 6.47. The Morgan fingerprint density at radius 3 is 2.79 bits per heavy atom. The molecule has 5 heteroatoms. The van der Waals surface area contributed by atoms with Gasteiger partial charge in [-0.3, -0.25) is 4.79 Å². The van der Waals surface area contributed by atoms with Crippen LogP contribution in [0.2, 0.25) is 0 Å². The van der Waals surface area contributed by atoms with Gasteiger partial charge in [-0.25, -0.2) is 0 Å². The van der Waals surface area contributed by atoms with E-state index >= 15 is 0 Å². The number of rotatable bonds is 7. The summed E-state index contributed by atoms with van der Waals surface area (Å²) in [5.41, 5.74) is 0.957. The SMILES string of the molecule is CCOc1cc(CNCC(=O)NC(C)C)ccc1O. The molecule has 3 N–H and O–H groups in total. The van der Waals surface area contributed by atoms with Crippen LogP contribution in [0.3, 0.4) is 0 Å². The van der Waals surface area contributed by atoms with E-state index in [9.17, 15) is 9.90 Å². The van der Waals surface area contributed by atoms with Gasteiger partial charge in [-0.1, -0.05) is 6.07 Å². The first-order chi connectivity index (χ1) is 9.02. The van der Waals surface area contributed by atoms with Crippen LogP contribution in [-0.4, -0.2) is 30.2 Å². The molecule has 1 aromatic carbocycles. The monoisotopic (exact) mass is 266 g/mol. The highest BCUT2D eigenvalue weighted by Gasteiger charge is 2.05. The zero-order valence-corrected chi connectivity index (χ0v) is 11.7. The Balaban J connectivity index is 2.45. The summed E-state index contributed by atoms with van der Waals surface area (Å²) in [6.45, 7) is 7.02. The second-order valence-corrected chi connectivity index (χ2v) is 4.56. The topological polar surface area (TPSA) is 70.6 Å². The first kappa shape index (κ1) is 15.3. The van der Waals surface area contributed by atoms with E-state index in [0.29, 0.717) is 18.9 Å². The Bertz CT molecular complexity index is 419. The molecule has 0 heterocycles. The molecular weight excluding hydrogens is 244 g/mol. The van der Waals surface area contributed by atoms with Crippen LogP contribution in [0.4, 0.5) is 0 Å². The molecule has 1 amide bonds. The zero-order valence-electron chi connectivity index (χ0n) is 11.7. The molecule has 0 unspecified atom stereocenters. The molecule has 0 aliphatic heterocycles. The third-order valence-electron chi connectivity index (χ3n) is 2.39. The molecule has 19 heavy (non-hydrogen) atoms. The lowest BCUT2D eigenvalue weighted by Gasteiger charge is -2.10. The van der Waals surface area contributed by atoms with Crippen LogP contribution < -0.4 is 15.4 Å². The fourth-order valence-electron chi connectivity index (χ4n) is 1.63.